The van der Waals surface area contributed by atoms with E-state index in [1.54, 1.807) is 4.68 Å². The van der Waals surface area contributed by atoms with Crippen LogP contribution in [0.3, 0.4) is 0 Å². The quantitative estimate of drug-likeness (QED) is 0.723. The Morgan fingerprint density at radius 2 is 1.93 bits per heavy atom. The van der Waals surface area contributed by atoms with Gasteiger partial charge < -0.3 is 15.4 Å². The van der Waals surface area contributed by atoms with Crippen molar-refractivity contribution in [3.05, 3.63) is 54.4 Å². The van der Waals surface area contributed by atoms with Crippen molar-refractivity contribution >= 4 is 23.1 Å². The lowest BCUT2D eigenvalue weighted by Gasteiger charge is -2.11. The van der Waals surface area contributed by atoms with Gasteiger partial charge in [0.1, 0.15) is 6.10 Å². The fourth-order valence-corrected chi connectivity index (χ4v) is 2.85. The molecule has 8 heteroatoms. The zero-order valence-electron chi connectivity index (χ0n) is 14.9. The highest BCUT2D eigenvalue weighted by atomic mass is 16.5. The Labute approximate surface area is 156 Å². The summed E-state index contributed by atoms with van der Waals surface area (Å²) in [7, 11) is 0. The maximum Gasteiger partial charge on any atom is 0.253 e. The molecule has 3 heterocycles. The predicted molar refractivity (Wildman–Crippen MR) is 101 cm³/mol. The fourth-order valence-electron chi connectivity index (χ4n) is 2.85. The molecule has 0 spiro atoms. The standard InChI is InChI=1S/C19H20N6O2/c1-13-10-11-25(24-13)18-9-8-17(22-23-18)20-14-4-6-15(7-5-14)21-19(26)16-3-2-12-27-16/h4-11,16H,2-3,12H2,1H3,(H,20,22)(H,21,26)/t16-/m1/s1. The summed E-state index contributed by atoms with van der Waals surface area (Å²) in [6.45, 7) is 2.58. The van der Waals surface area contributed by atoms with E-state index in [0.29, 0.717) is 18.2 Å². The van der Waals surface area contributed by atoms with Crippen molar-refractivity contribution in [2.45, 2.75) is 25.9 Å². The van der Waals surface area contributed by atoms with Crippen molar-refractivity contribution in [2.75, 3.05) is 17.2 Å². The summed E-state index contributed by atoms with van der Waals surface area (Å²) in [4.78, 5) is 12.1. The molecule has 1 amide bonds. The van der Waals surface area contributed by atoms with Crippen molar-refractivity contribution < 1.29 is 9.53 Å². The Hall–Kier alpha value is -3.26. The number of ether oxygens (including phenoxy) is 1. The zero-order valence-corrected chi connectivity index (χ0v) is 14.9. The first-order valence-corrected chi connectivity index (χ1v) is 8.83. The van der Waals surface area contributed by atoms with Gasteiger partial charge in [0.2, 0.25) is 0 Å². The lowest BCUT2D eigenvalue weighted by Crippen LogP contribution is -2.26. The molecule has 2 aromatic heterocycles. The molecule has 0 unspecified atom stereocenters. The molecule has 1 fully saturated rings. The van der Waals surface area contributed by atoms with E-state index in [1.807, 2.05) is 55.6 Å². The number of carbonyl (C=O) groups is 1. The molecule has 1 aliphatic heterocycles. The van der Waals surface area contributed by atoms with Crippen LogP contribution in [0.4, 0.5) is 17.2 Å². The van der Waals surface area contributed by atoms with Crippen LogP contribution < -0.4 is 10.6 Å². The number of carbonyl (C=O) groups excluding carboxylic acids is 1. The lowest BCUT2D eigenvalue weighted by molar-refractivity contribution is -0.124. The van der Waals surface area contributed by atoms with E-state index in [0.717, 1.165) is 29.9 Å². The lowest BCUT2D eigenvalue weighted by atomic mass is 10.2. The molecule has 8 nitrogen and oxygen atoms in total. The topological polar surface area (TPSA) is 94.0 Å². The van der Waals surface area contributed by atoms with Crippen LogP contribution in [0.2, 0.25) is 0 Å². The normalized spacial score (nSPS) is 16.3. The van der Waals surface area contributed by atoms with E-state index in [4.69, 9.17) is 4.74 Å². The van der Waals surface area contributed by atoms with Crippen LogP contribution in [0, 0.1) is 6.92 Å². The van der Waals surface area contributed by atoms with Gasteiger partial charge in [-0.25, -0.2) is 4.68 Å². The molecule has 27 heavy (non-hydrogen) atoms. The third-order valence-electron chi connectivity index (χ3n) is 4.25. The van der Waals surface area contributed by atoms with Gasteiger partial charge in [-0.05, 0) is 62.2 Å². The molecule has 0 saturated carbocycles. The first-order valence-electron chi connectivity index (χ1n) is 8.83. The molecule has 0 bridgehead atoms. The fraction of sp³-hybridized carbons (Fsp3) is 0.263. The number of nitrogens with zero attached hydrogens (tertiary/aromatic N) is 4. The van der Waals surface area contributed by atoms with Gasteiger partial charge in [0.05, 0.1) is 5.69 Å². The van der Waals surface area contributed by atoms with Crippen molar-refractivity contribution in [1.82, 2.24) is 20.0 Å². The van der Waals surface area contributed by atoms with Gasteiger partial charge in [-0.3, -0.25) is 4.79 Å². The zero-order chi connectivity index (χ0) is 18.6. The highest BCUT2D eigenvalue weighted by molar-refractivity contribution is 5.94. The molecule has 1 aliphatic rings. The number of amides is 1. The minimum absolute atomic E-state index is 0.0940. The minimum atomic E-state index is -0.338. The van der Waals surface area contributed by atoms with Gasteiger partial charge in [-0.2, -0.15) is 5.10 Å². The van der Waals surface area contributed by atoms with E-state index >= 15 is 0 Å². The van der Waals surface area contributed by atoms with Gasteiger partial charge in [-0.1, -0.05) is 0 Å². The van der Waals surface area contributed by atoms with Crippen molar-refractivity contribution in [1.29, 1.82) is 0 Å². The summed E-state index contributed by atoms with van der Waals surface area (Å²) in [5.74, 6) is 1.18. The number of hydrogen-bond donors (Lipinski definition) is 2. The first-order chi connectivity index (χ1) is 13.2. The van der Waals surface area contributed by atoms with Crippen LogP contribution in [0.25, 0.3) is 5.82 Å². The molecule has 1 saturated heterocycles. The van der Waals surface area contributed by atoms with Crippen LogP contribution in [-0.4, -0.2) is 38.6 Å². The Bertz CT molecular complexity index is 914. The van der Waals surface area contributed by atoms with E-state index in [9.17, 15) is 4.79 Å². The molecule has 138 valence electrons. The van der Waals surface area contributed by atoms with Crippen molar-refractivity contribution in [2.24, 2.45) is 0 Å². The van der Waals surface area contributed by atoms with Crippen LogP contribution >= 0.6 is 0 Å². The van der Waals surface area contributed by atoms with Crippen LogP contribution in [0.5, 0.6) is 0 Å². The van der Waals surface area contributed by atoms with Crippen molar-refractivity contribution in [3.8, 4) is 5.82 Å². The molecule has 4 rings (SSSR count). The Morgan fingerprint density at radius 1 is 1.11 bits per heavy atom. The number of hydrogen-bond acceptors (Lipinski definition) is 6. The van der Waals surface area contributed by atoms with E-state index in [-0.39, 0.29) is 12.0 Å². The Morgan fingerprint density at radius 3 is 2.56 bits per heavy atom. The molecule has 1 atom stereocenters. The van der Waals surface area contributed by atoms with Crippen LogP contribution in [-0.2, 0) is 9.53 Å². The smallest absolute Gasteiger partial charge is 0.253 e. The number of nitrogens with one attached hydrogen (secondary N) is 2. The summed E-state index contributed by atoms with van der Waals surface area (Å²) in [6, 6.07) is 13.0. The Kier molecular flexibility index (Phi) is 4.80. The molecule has 3 aromatic rings. The number of aromatic nitrogens is 4. The monoisotopic (exact) mass is 364 g/mol. The molecule has 2 N–H and O–H groups in total. The average Bonchev–Trinajstić information content (AvgIpc) is 3.36. The van der Waals surface area contributed by atoms with Crippen molar-refractivity contribution in [3.63, 3.8) is 0 Å². The molecule has 1 aromatic carbocycles. The maximum atomic E-state index is 12.1. The molecular formula is C19H20N6O2. The Balaban J connectivity index is 1.37. The summed E-state index contributed by atoms with van der Waals surface area (Å²) in [5, 5.41) is 18.7. The maximum absolute atomic E-state index is 12.1. The van der Waals surface area contributed by atoms with E-state index in [1.165, 1.54) is 0 Å². The van der Waals surface area contributed by atoms with Gasteiger partial charge in [0, 0.05) is 24.2 Å². The highest BCUT2D eigenvalue weighted by Gasteiger charge is 2.23. The third-order valence-corrected chi connectivity index (χ3v) is 4.25. The molecular weight excluding hydrogens is 344 g/mol. The molecule has 0 aliphatic carbocycles. The second kappa shape index (κ2) is 7.55. The van der Waals surface area contributed by atoms with Gasteiger partial charge >= 0.3 is 0 Å². The molecule has 0 radical (unpaired) electrons. The van der Waals surface area contributed by atoms with E-state index < -0.39 is 0 Å². The van der Waals surface area contributed by atoms with Gasteiger partial charge in [0.15, 0.2) is 11.6 Å². The van der Waals surface area contributed by atoms with E-state index in [2.05, 4.69) is 25.9 Å². The highest BCUT2D eigenvalue weighted by Crippen LogP contribution is 2.19. The number of aryl methyl sites for hydroxylation is 1. The second-order valence-electron chi connectivity index (χ2n) is 6.37. The summed E-state index contributed by atoms with van der Waals surface area (Å²) >= 11 is 0. The predicted octanol–water partition coefficient (Wildman–Crippen LogP) is 2.83. The minimum Gasteiger partial charge on any atom is -0.368 e. The summed E-state index contributed by atoms with van der Waals surface area (Å²) in [6.07, 6.45) is 3.21. The van der Waals surface area contributed by atoms with Crippen LogP contribution in [0.15, 0.2) is 48.7 Å². The number of anilines is 3. The van der Waals surface area contributed by atoms with Gasteiger partial charge in [0.25, 0.3) is 5.91 Å². The SMILES string of the molecule is Cc1ccn(-c2ccc(Nc3ccc(NC(=O)[C@H]4CCCO4)cc3)nn2)n1. The second-order valence-corrected chi connectivity index (χ2v) is 6.37. The first kappa shape index (κ1) is 17.2. The number of rotatable bonds is 5. The third kappa shape index (κ3) is 4.12. The summed E-state index contributed by atoms with van der Waals surface area (Å²) in [5.41, 5.74) is 2.50. The van der Waals surface area contributed by atoms with Gasteiger partial charge in [-0.15, -0.1) is 10.2 Å². The largest absolute Gasteiger partial charge is 0.368 e. The average molecular weight is 364 g/mol. The summed E-state index contributed by atoms with van der Waals surface area (Å²) < 4.78 is 7.07. The van der Waals surface area contributed by atoms with Crippen LogP contribution in [0.1, 0.15) is 18.5 Å². The number of benzene rings is 1.